The van der Waals surface area contributed by atoms with Gasteiger partial charge in [-0.3, -0.25) is 0 Å². The van der Waals surface area contributed by atoms with Crippen LogP contribution in [-0.4, -0.2) is 32.7 Å². The van der Waals surface area contributed by atoms with Crippen molar-refractivity contribution in [3.8, 4) is 0 Å². The van der Waals surface area contributed by atoms with Crippen LogP contribution < -0.4 is 10.5 Å². The number of hydrogen-bond donors (Lipinski definition) is 2. The van der Waals surface area contributed by atoms with Gasteiger partial charge in [-0.15, -0.1) is 0 Å². The van der Waals surface area contributed by atoms with Crippen molar-refractivity contribution < 1.29 is 13.2 Å². The molecule has 0 aliphatic rings. The first-order chi connectivity index (χ1) is 9.34. The van der Waals surface area contributed by atoms with Gasteiger partial charge in [0, 0.05) is 18.2 Å². The Morgan fingerprint density at radius 3 is 2.50 bits per heavy atom. The summed E-state index contributed by atoms with van der Waals surface area (Å²) in [6, 6.07) is 6.60. The van der Waals surface area contributed by atoms with E-state index >= 15 is 0 Å². The number of hydrogen-bond acceptors (Lipinski definition) is 4. The van der Waals surface area contributed by atoms with Crippen molar-refractivity contribution in [2.45, 2.75) is 25.6 Å². The zero-order chi connectivity index (χ0) is 15.2. The van der Waals surface area contributed by atoms with Crippen LogP contribution in [0.2, 0.25) is 0 Å². The third-order valence-corrected chi connectivity index (χ3v) is 4.26. The van der Waals surface area contributed by atoms with Crippen molar-refractivity contribution in [2.75, 3.05) is 13.2 Å². The molecule has 0 radical (unpaired) electrons. The lowest BCUT2D eigenvalue weighted by molar-refractivity contribution is 0.133. The van der Waals surface area contributed by atoms with Crippen LogP contribution in [-0.2, 0) is 20.5 Å². The number of thiocarbonyl (C=S) groups is 1. The summed E-state index contributed by atoms with van der Waals surface area (Å²) in [5, 5.41) is 0. The van der Waals surface area contributed by atoms with Crippen LogP contribution in [0.15, 0.2) is 24.3 Å². The molecule has 1 aromatic carbocycles. The van der Waals surface area contributed by atoms with E-state index in [1.165, 1.54) is 0 Å². The van der Waals surface area contributed by atoms with E-state index < -0.39 is 10.0 Å². The molecule has 1 atom stereocenters. The zero-order valence-electron chi connectivity index (χ0n) is 11.6. The maximum Gasteiger partial charge on any atom is 0.216 e. The van der Waals surface area contributed by atoms with E-state index in [0.29, 0.717) is 23.8 Å². The lowest BCUT2D eigenvalue weighted by Gasteiger charge is -2.14. The Balaban J connectivity index is 2.64. The Morgan fingerprint density at radius 2 is 2.00 bits per heavy atom. The van der Waals surface area contributed by atoms with Gasteiger partial charge in [0.25, 0.3) is 0 Å². The SMILES string of the molecule is CCOCC(C)NS(=O)(=O)Cc1ccc(C(N)=S)cc1. The normalized spacial score (nSPS) is 13.1. The van der Waals surface area contributed by atoms with Crippen molar-refractivity contribution in [3.63, 3.8) is 0 Å². The predicted molar refractivity (Wildman–Crippen MR) is 84.0 cm³/mol. The first-order valence-electron chi connectivity index (χ1n) is 6.30. The van der Waals surface area contributed by atoms with Gasteiger partial charge < -0.3 is 10.5 Å². The lowest BCUT2D eigenvalue weighted by Crippen LogP contribution is -2.36. The van der Waals surface area contributed by atoms with Crippen molar-refractivity contribution in [1.82, 2.24) is 4.72 Å². The number of ether oxygens (including phenoxy) is 1. The second-order valence-corrected chi connectivity index (χ2v) is 6.69. The van der Waals surface area contributed by atoms with Gasteiger partial charge >= 0.3 is 0 Å². The summed E-state index contributed by atoms with van der Waals surface area (Å²) in [4.78, 5) is 0.294. The molecule has 5 nitrogen and oxygen atoms in total. The Kier molecular flexibility index (Phi) is 6.54. The maximum absolute atomic E-state index is 12.0. The van der Waals surface area contributed by atoms with Gasteiger partial charge in [0.05, 0.1) is 12.4 Å². The summed E-state index contributed by atoms with van der Waals surface area (Å²) in [7, 11) is -3.39. The minimum Gasteiger partial charge on any atom is -0.389 e. The maximum atomic E-state index is 12.0. The van der Waals surface area contributed by atoms with E-state index in [-0.39, 0.29) is 11.8 Å². The van der Waals surface area contributed by atoms with Gasteiger partial charge in [0.15, 0.2) is 0 Å². The number of rotatable bonds is 8. The fourth-order valence-corrected chi connectivity index (χ4v) is 3.19. The molecule has 0 bridgehead atoms. The van der Waals surface area contributed by atoms with Crippen LogP contribution in [0.4, 0.5) is 0 Å². The minimum atomic E-state index is -3.39. The number of sulfonamides is 1. The fourth-order valence-electron chi connectivity index (χ4n) is 1.66. The molecule has 20 heavy (non-hydrogen) atoms. The Bertz CT molecular complexity index is 541. The minimum absolute atomic E-state index is 0.0823. The van der Waals surface area contributed by atoms with Gasteiger partial charge in [0.1, 0.15) is 4.99 Å². The number of nitrogens with two attached hydrogens (primary N) is 1. The van der Waals surface area contributed by atoms with Crippen LogP contribution in [0.25, 0.3) is 0 Å². The van der Waals surface area contributed by atoms with Gasteiger partial charge in [-0.2, -0.15) is 0 Å². The molecule has 3 N–H and O–H groups in total. The summed E-state index contributed by atoms with van der Waals surface area (Å²) in [6.45, 7) is 4.55. The van der Waals surface area contributed by atoms with E-state index in [1.807, 2.05) is 6.92 Å². The molecule has 0 aliphatic heterocycles. The van der Waals surface area contributed by atoms with Crippen LogP contribution >= 0.6 is 12.2 Å². The molecule has 0 heterocycles. The summed E-state index contributed by atoms with van der Waals surface area (Å²) in [6.07, 6.45) is 0. The van der Waals surface area contributed by atoms with E-state index in [1.54, 1.807) is 31.2 Å². The average Bonchev–Trinajstić information content (AvgIpc) is 2.35. The van der Waals surface area contributed by atoms with E-state index in [0.717, 1.165) is 5.56 Å². The summed E-state index contributed by atoms with van der Waals surface area (Å²) in [5.74, 6) is -0.0823. The summed E-state index contributed by atoms with van der Waals surface area (Å²) >= 11 is 4.85. The highest BCUT2D eigenvalue weighted by Crippen LogP contribution is 2.08. The molecule has 0 fully saturated rings. The molecular formula is C13H20N2O3S2. The Hall–Kier alpha value is -1.02. The van der Waals surface area contributed by atoms with Crippen molar-refractivity contribution in [1.29, 1.82) is 0 Å². The molecule has 0 saturated heterocycles. The van der Waals surface area contributed by atoms with Gasteiger partial charge in [-0.1, -0.05) is 36.5 Å². The van der Waals surface area contributed by atoms with Crippen LogP contribution in [0, 0.1) is 0 Å². The lowest BCUT2D eigenvalue weighted by atomic mass is 10.1. The molecule has 0 aliphatic carbocycles. The average molecular weight is 316 g/mol. The van der Waals surface area contributed by atoms with Gasteiger partial charge in [-0.05, 0) is 19.4 Å². The van der Waals surface area contributed by atoms with Crippen LogP contribution in [0.1, 0.15) is 25.0 Å². The Morgan fingerprint density at radius 1 is 1.40 bits per heavy atom. The topological polar surface area (TPSA) is 81.4 Å². The molecule has 0 spiro atoms. The third-order valence-electron chi connectivity index (χ3n) is 2.55. The summed E-state index contributed by atoms with van der Waals surface area (Å²) in [5.41, 5.74) is 6.89. The van der Waals surface area contributed by atoms with E-state index in [2.05, 4.69) is 4.72 Å². The van der Waals surface area contributed by atoms with Crippen molar-refractivity contribution >= 4 is 27.2 Å². The summed E-state index contributed by atoms with van der Waals surface area (Å²) < 4.78 is 31.7. The first-order valence-corrected chi connectivity index (χ1v) is 8.36. The first kappa shape index (κ1) is 17.0. The third kappa shape index (κ3) is 5.96. The second kappa shape index (κ2) is 7.68. The van der Waals surface area contributed by atoms with Crippen LogP contribution in [0.5, 0.6) is 0 Å². The zero-order valence-corrected chi connectivity index (χ0v) is 13.3. The highest BCUT2D eigenvalue weighted by atomic mass is 32.2. The van der Waals surface area contributed by atoms with E-state index in [9.17, 15) is 8.42 Å². The quantitative estimate of drug-likeness (QED) is 0.704. The molecular weight excluding hydrogens is 296 g/mol. The fraction of sp³-hybridized carbons (Fsp3) is 0.462. The second-order valence-electron chi connectivity index (χ2n) is 4.50. The standard InChI is InChI=1S/C13H20N2O3S2/c1-3-18-8-10(2)15-20(16,17)9-11-4-6-12(7-5-11)13(14)19/h4-7,10,15H,3,8-9H2,1-2H3,(H2,14,19). The monoisotopic (exact) mass is 316 g/mol. The van der Waals surface area contributed by atoms with E-state index in [4.69, 9.17) is 22.7 Å². The molecule has 1 rings (SSSR count). The molecule has 1 aromatic rings. The molecule has 0 saturated carbocycles. The van der Waals surface area contributed by atoms with Crippen molar-refractivity contribution in [3.05, 3.63) is 35.4 Å². The van der Waals surface area contributed by atoms with Crippen LogP contribution in [0.3, 0.4) is 0 Å². The predicted octanol–water partition coefficient (Wildman–Crippen LogP) is 1.17. The molecule has 0 amide bonds. The number of nitrogens with one attached hydrogen (secondary N) is 1. The highest BCUT2D eigenvalue weighted by Gasteiger charge is 2.15. The molecule has 0 aromatic heterocycles. The van der Waals surface area contributed by atoms with Gasteiger partial charge in [0.2, 0.25) is 10.0 Å². The molecule has 7 heteroatoms. The Labute approximate surface area is 125 Å². The largest absolute Gasteiger partial charge is 0.389 e. The highest BCUT2D eigenvalue weighted by molar-refractivity contribution is 7.88. The molecule has 112 valence electrons. The van der Waals surface area contributed by atoms with Crippen molar-refractivity contribution in [2.24, 2.45) is 5.73 Å². The smallest absolute Gasteiger partial charge is 0.216 e. The number of benzene rings is 1. The molecule has 1 unspecified atom stereocenters. The van der Waals surface area contributed by atoms with Gasteiger partial charge in [-0.25, -0.2) is 13.1 Å².